The summed E-state index contributed by atoms with van der Waals surface area (Å²) in [4.78, 5) is 10.1. The fraction of sp³-hybridized carbons (Fsp3) is 0.500. The fourth-order valence-electron chi connectivity index (χ4n) is 1.77. The van der Waals surface area contributed by atoms with E-state index < -0.39 is 6.16 Å². The lowest BCUT2D eigenvalue weighted by Gasteiger charge is -2.03. The normalized spacial score (nSPS) is 10.3. The average Bonchev–Trinajstić information content (AvgIpc) is 2.34. The van der Waals surface area contributed by atoms with Gasteiger partial charge in [-0.3, -0.25) is 0 Å². The lowest BCUT2D eigenvalue weighted by atomic mass is 10.1. The molecule has 3 nitrogen and oxygen atoms in total. The molecule has 1 rings (SSSR count). The molecule has 0 unspecified atom stereocenters. The minimum absolute atomic E-state index is 0.326. The van der Waals surface area contributed by atoms with E-state index in [0.29, 0.717) is 6.61 Å². The van der Waals surface area contributed by atoms with Crippen molar-refractivity contribution in [3.8, 4) is 0 Å². The summed E-state index contributed by atoms with van der Waals surface area (Å²) >= 11 is 2.31. The Morgan fingerprint density at radius 1 is 1.06 bits per heavy atom. The molecule has 0 heterocycles. The zero-order valence-corrected chi connectivity index (χ0v) is 12.6. The van der Waals surface area contributed by atoms with Gasteiger partial charge in [-0.2, -0.15) is 0 Å². The van der Waals surface area contributed by atoms with Gasteiger partial charge in [0.15, 0.2) is 0 Å². The lowest BCUT2D eigenvalue weighted by molar-refractivity contribution is 0.0899. The van der Waals surface area contributed by atoms with E-state index in [-0.39, 0.29) is 0 Å². The molecule has 4 heteroatoms. The predicted molar refractivity (Wildman–Crippen MR) is 79.9 cm³/mol. The van der Waals surface area contributed by atoms with Gasteiger partial charge in [0.2, 0.25) is 0 Å². The molecule has 0 atom stereocenters. The number of unbranched alkanes of at least 4 members (excludes halogenated alkanes) is 4. The van der Waals surface area contributed by atoms with Crippen molar-refractivity contribution in [1.82, 2.24) is 0 Å². The maximum atomic E-state index is 10.1. The Balaban J connectivity index is 1.95. The molecule has 0 fully saturated rings. The number of carbonyl (C=O) groups is 1. The Morgan fingerprint density at radius 3 is 2.33 bits per heavy atom. The molecule has 0 aliphatic rings. The Hall–Kier alpha value is -0.780. The molecule has 0 amide bonds. The number of aryl methyl sites for hydroxylation is 1. The van der Waals surface area contributed by atoms with Gasteiger partial charge < -0.3 is 9.84 Å². The first-order chi connectivity index (χ1) is 8.68. The molecule has 18 heavy (non-hydrogen) atoms. The highest BCUT2D eigenvalue weighted by atomic mass is 127. The van der Waals surface area contributed by atoms with E-state index in [1.165, 1.54) is 22.0 Å². The van der Waals surface area contributed by atoms with Gasteiger partial charge >= 0.3 is 6.16 Å². The average molecular weight is 362 g/mol. The van der Waals surface area contributed by atoms with Gasteiger partial charge in [0.25, 0.3) is 0 Å². The standard InChI is InChI=1S/C14H19IO3/c15-13-9-7-12(8-10-13)6-4-2-1-3-5-11-18-14(16)17/h7-10H,1-6,11H2,(H,16,17). The van der Waals surface area contributed by atoms with Crippen LogP contribution in [0.2, 0.25) is 0 Å². The van der Waals surface area contributed by atoms with Crippen molar-refractivity contribution in [2.24, 2.45) is 0 Å². The van der Waals surface area contributed by atoms with Crippen LogP contribution in [0.3, 0.4) is 0 Å². The zero-order chi connectivity index (χ0) is 13.2. The summed E-state index contributed by atoms with van der Waals surface area (Å²) in [6, 6.07) is 8.64. The molecule has 0 bridgehead atoms. The van der Waals surface area contributed by atoms with Crippen molar-refractivity contribution < 1.29 is 14.6 Å². The first-order valence-electron chi connectivity index (χ1n) is 6.28. The second kappa shape index (κ2) is 9.19. The summed E-state index contributed by atoms with van der Waals surface area (Å²) in [5.41, 5.74) is 1.39. The minimum Gasteiger partial charge on any atom is -0.450 e. The second-order valence-corrected chi connectivity index (χ2v) is 5.50. The summed E-state index contributed by atoms with van der Waals surface area (Å²) in [6.07, 6.45) is 5.36. The Labute approximate surface area is 122 Å². The molecule has 0 aromatic heterocycles. The van der Waals surface area contributed by atoms with E-state index in [2.05, 4.69) is 51.6 Å². The molecular formula is C14H19IO3. The third-order valence-electron chi connectivity index (χ3n) is 2.75. The predicted octanol–water partition coefficient (Wildman–Crippen LogP) is 4.48. The summed E-state index contributed by atoms with van der Waals surface area (Å²) in [5.74, 6) is 0. The fourth-order valence-corrected chi connectivity index (χ4v) is 2.13. The largest absolute Gasteiger partial charge is 0.505 e. The minimum atomic E-state index is -1.17. The van der Waals surface area contributed by atoms with Gasteiger partial charge in [-0.05, 0) is 59.5 Å². The van der Waals surface area contributed by atoms with Gasteiger partial charge in [-0.25, -0.2) is 4.79 Å². The highest BCUT2D eigenvalue weighted by Crippen LogP contribution is 2.11. The number of hydrogen-bond donors (Lipinski definition) is 1. The van der Waals surface area contributed by atoms with E-state index in [1.807, 2.05) is 0 Å². The van der Waals surface area contributed by atoms with Crippen molar-refractivity contribution in [2.75, 3.05) is 6.61 Å². The van der Waals surface area contributed by atoms with Crippen molar-refractivity contribution in [3.63, 3.8) is 0 Å². The number of rotatable bonds is 8. The van der Waals surface area contributed by atoms with Crippen LogP contribution in [0.15, 0.2) is 24.3 Å². The van der Waals surface area contributed by atoms with Gasteiger partial charge in [0.05, 0.1) is 6.61 Å². The molecule has 0 aliphatic carbocycles. The summed E-state index contributed by atoms with van der Waals surface area (Å²) in [7, 11) is 0. The van der Waals surface area contributed by atoms with Crippen LogP contribution in [0.25, 0.3) is 0 Å². The van der Waals surface area contributed by atoms with Crippen molar-refractivity contribution in [2.45, 2.75) is 38.5 Å². The molecule has 0 radical (unpaired) electrons. The van der Waals surface area contributed by atoms with E-state index in [0.717, 1.165) is 25.7 Å². The van der Waals surface area contributed by atoms with Crippen LogP contribution >= 0.6 is 22.6 Å². The number of carboxylic acid groups (broad SMARTS) is 1. The van der Waals surface area contributed by atoms with Gasteiger partial charge in [0.1, 0.15) is 0 Å². The van der Waals surface area contributed by atoms with Crippen LogP contribution in [0.4, 0.5) is 4.79 Å². The van der Waals surface area contributed by atoms with E-state index >= 15 is 0 Å². The van der Waals surface area contributed by atoms with Crippen LogP contribution < -0.4 is 0 Å². The van der Waals surface area contributed by atoms with Crippen molar-refractivity contribution in [3.05, 3.63) is 33.4 Å². The summed E-state index contributed by atoms with van der Waals surface area (Å²) in [6.45, 7) is 0.326. The Morgan fingerprint density at radius 2 is 1.67 bits per heavy atom. The van der Waals surface area contributed by atoms with E-state index in [1.54, 1.807) is 0 Å². The second-order valence-electron chi connectivity index (χ2n) is 4.26. The highest BCUT2D eigenvalue weighted by Gasteiger charge is 1.97. The first kappa shape index (κ1) is 15.3. The molecule has 0 aliphatic heterocycles. The SMILES string of the molecule is O=C(O)OCCCCCCCc1ccc(I)cc1. The molecule has 0 saturated carbocycles. The van der Waals surface area contributed by atoms with E-state index in [4.69, 9.17) is 5.11 Å². The third kappa shape index (κ3) is 7.53. The van der Waals surface area contributed by atoms with Crippen molar-refractivity contribution in [1.29, 1.82) is 0 Å². The van der Waals surface area contributed by atoms with Crippen LogP contribution in [0.1, 0.15) is 37.7 Å². The third-order valence-corrected chi connectivity index (χ3v) is 3.47. The Kier molecular flexibility index (Phi) is 7.80. The van der Waals surface area contributed by atoms with Crippen LogP contribution in [0, 0.1) is 3.57 Å². The number of benzene rings is 1. The number of halogens is 1. The topological polar surface area (TPSA) is 46.5 Å². The molecule has 1 N–H and O–H groups in total. The number of hydrogen-bond acceptors (Lipinski definition) is 2. The molecule has 0 saturated heterocycles. The van der Waals surface area contributed by atoms with Gasteiger partial charge in [-0.15, -0.1) is 0 Å². The Bertz CT molecular complexity index is 349. The maximum absolute atomic E-state index is 10.1. The van der Waals surface area contributed by atoms with Crippen LogP contribution in [-0.4, -0.2) is 17.9 Å². The molecule has 0 spiro atoms. The van der Waals surface area contributed by atoms with Gasteiger partial charge in [0, 0.05) is 3.57 Å². The lowest BCUT2D eigenvalue weighted by Crippen LogP contribution is -2.01. The number of ether oxygens (including phenoxy) is 1. The first-order valence-corrected chi connectivity index (χ1v) is 7.36. The summed E-state index contributed by atoms with van der Waals surface area (Å²) in [5, 5.41) is 8.28. The van der Waals surface area contributed by atoms with Gasteiger partial charge in [-0.1, -0.05) is 31.4 Å². The summed E-state index contributed by atoms with van der Waals surface area (Å²) < 4.78 is 5.72. The van der Waals surface area contributed by atoms with E-state index in [9.17, 15) is 4.79 Å². The smallest absolute Gasteiger partial charge is 0.450 e. The van der Waals surface area contributed by atoms with Crippen LogP contribution in [-0.2, 0) is 11.2 Å². The molecule has 1 aromatic rings. The zero-order valence-electron chi connectivity index (χ0n) is 10.4. The molecular weight excluding hydrogens is 343 g/mol. The maximum Gasteiger partial charge on any atom is 0.505 e. The quantitative estimate of drug-likeness (QED) is 0.421. The molecule has 100 valence electrons. The molecule has 1 aromatic carbocycles. The monoisotopic (exact) mass is 362 g/mol. The highest BCUT2D eigenvalue weighted by molar-refractivity contribution is 14.1. The van der Waals surface area contributed by atoms with Crippen LogP contribution in [0.5, 0.6) is 0 Å². The van der Waals surface area contributed by atoms with Crippen molar-refractivity contribution >= 4 is 28.7 Å².